The molecule has 0 radical (unpaired) electrons. The summed E-state index contributed by atoms with van der Waals surface area (Å²) >= 11 is 0. The van der Waals surface area contributed by atoms with Crippen molar-refractivity contribution >= 4 is 47.4 Å². The normalized spacial score (nSPS) is 17.4. The van der Waals surface area contributed by atoms with Gasteiger partial charge in [-0.25, -0.2) is 19.2 Å². The number of nitrogens with zero attached hydrogens (tertiary/aromatic N) is 7. The number of urea groups is 3. The Morgan fingerprint density at radius 2 is 1.09 bits per heavy atom. The summed E-state index contributed by atoms with van der Waals surface area (Å²) in [6.07, 6.45) is -0.258. The van der Waals surface area contributed by atoms with E-state index in [4.69, 9.17) is 10.00 Å². The monoisotopic (exact) mass is 1090 g/mol. The van der Waals surface area contributed by atoms with Crippen LogP contribution in [0, 0.1) is 25.2 Å². The third-order valence-corrected chi connectivity index (χ3v) is 14.9. The molecule has 4 heterocycles. The summed E-state index contributed by atoms with van der Waals surface area (Å²) in [5, 5.41) is 17.7. The van der Waals surface area contributed by atoms with Crippen molar-refractivity contribution in [1.82, 2.24) is 34.7 Å². The summed E-state index contributed by atoms with van der Waals surface area (Å²) in [5.41, 5.74) is 5.24. The van der Waals surface area contributed by atoms with Crippen molar-refractivity contribution in [3.63, 3.8) is 0 Å². The minimum absolute atomic E-state index is 0.0374. The highest BCUT2D eigenvalue weighted by Gasteiger charge is 2.33. The van der Waals surface area contributed by atoms with Gasteiger partial charge in [0.25, 0.3) is 11.8 Å². The van der Waals surface area contributed by atoms with Crippen molar-refractivity contribution in [2.45, 2.75) is 103 Å². The van der Waals surface area contributed by atoms with Gasteiger partial charge in [0, 0.05) is 108 Å². The number of hydrogen-bond acceptors (Lipinski definition) is 8. The molecule has 8 rings (SSSR count). The van der Waals surface area contributed by atoms with Gasteiger partial charge >= 0.3 is 30.4 Å². The topological polar surface area (TPSA) is 191 Å². The van der Waals surface area contributed by atoms with E-state index < -0.39 is 29.5 Å². The molecular formula is C59H73F3N10O7. The number of piperidine rings is 3. The Labute approximate surface area is 461 Å². The van der Waals surface area contributed by atoms with E-state index in [2.05, 4.69) is 22.0 Å². The first-order valence-electron chi connectivity index (χ1n) is 27.0. The lowest BCUT2D eigenvalue weighted by Crippen LogP contribution is -2.53. The van der Waals surface area contributed by atoms with E-state index in [1.807, 2.05) is 75.9 Å². The van der Waals surface area contributed by atoms with Crippen LogP contribution in [0.3, 0.4) is 0 Å². The molecule has 1 unspecified atom stereocenters. The number of rotatable bonds is 7. The van der Waals surface area contributed by atoms with Gasteiger partial charge in [-0.2, -0.15) is 18.4 Å². The van der Waals surface area contributed by atoms with Crippen LogP contribution in [-0.2, 0) is 10.9 Å². The predicted molar refractivity (Wildman–Crippen MR) is 295 cm³/mol. The first kappa shape index (κ1) is 58.9. The average Bonchev–Trinajstić information content (AvgIpc) is 3.44. The van der Waals surface area contributed by atoms with Crippen LogP contribution < -0.4 is 16.0 Å². The Hall–Kier alpha value is -7.82. The fraction of sp³-hybridized carbons (Fsp3) is 0.475. The summed E-state index contributed by atoms with van der Waals surface area (Å²) in [5.74, 6) is 0.258. The molecule has 0 aromatic heterocycles. The molecule has 0 spiro atoms. The van der Waals surface area contributed by atoms with Gasteiger partial charge in [0.1, 0.15) is 5.60 Å². The molecule has 4 aliphatic heterocycles. The molecule has 0 saturated carbocycles. The standard InChI is InChI=1S/C31H39F3N4O4.C28H34N6O3/c1-20-7-8-23(27(39)37-16-13-22(14-17-37)21-9-11-24(12-10-21)31(32,33)34)18-26(20)36-28(40)35-25-6-5-15-38(19-25)29(41)42-30(2,3)4;1-20-4-7-24(18-25(20)30-27(36)33-14-16-34(17-15-33)28(37)31(2)3)26(35)32-12-10-23(11-13-32)22-8-5-21(19-29)6-9-22/h7-12,18,22,25H,5-6,13-17,19H2,1-4H3,(H2,35,36,40);4-9,18,23H,10-17H2,1-3H3,(H,30,36). The maximum absolute atomic E-state index is 13.3. The van der Waals surface area contributed by atoms with Crippen molar-refractivity contribution < 1.29 is 46.7 Å². The van der Waals surface area contributed by atoms with Crippen LogP contribution in [0.4, 0.5) is 43.7 Å². The molecule has 79 heavy (non-hydrogen) atoms. The molecule has 0 bridgehead atoms. The molecule has 0 aliphatic carbocycles. The van der Waals surface area contributed by atoms with Gasteiger partial charge in [-0.15, -0.1) is 0 Å². The number of alkyl halides is 3. The molecule has 20 heteroatoms. The maximum Gasteiger partial charge on any atom is 0.416 e. The highest BCUT2D eigenvalue weighted by atomic mass is 19.4. The van der Waals surface area contributed by atoms with Gasteiger partial charge < -0.3 is 50.1 Å². The fourth-order valence-corrected chi connectivity index (χ4v) is 10.3. The minimum Gasteiger partial charge on any atom is -0.444 e. The number of aryl methyl sites for hydroxylation is 2. The van der Waals surface area contributed by atoms with E-state index in [0.29, 0.717) is 112 Å². The van der Waals surface area contributed by atoms with E-state index in [9.17, 15) is 41.9 Å². The van der Waals surface area contributed by atoms with Crippen LogP contribution in [0.1, 0.15) is 125 Å². The Bertz CT molecular complexity index is 2860. The number of hydrogen-bond donors (Lipinski definition) is 3. The van der Waals surface area contributed by atoms with E-state index in [1.54, 1.807) is 58.0 Å². The highest BCUT2D eigenvalue weighted by molar-refractivity contribution is 5.98. The SMILES string of the molecule is Cc1ccc(C(=O)N2CCC(c3ccc(C#N)cc3)CC2)cc1NC(=O)N1CCN(C(=O)N(C)C)CC1.Cc1ccc(C(=O)N2CCC(c3ccc(C(F)(F)F)cc3)CC2)cc1NC(=O)NC1CCCN(C(=O)OC(C)(C)C)C1. The van der Waals surface area contributed by atoms with Crippen molar-refractivity contribution in [3.05, 3.63) is 129 Å². The number of nitrogens with one attached hydrogen (secondary N) is 3. The van der Waals surface area contributed by atoms with E-state index in [-0.39, 0.29) is 35.8 Å². The van der Waals surface area contributed by atoms with Crippen LogP contribution in [-0.4, -0.2) is 157 Å². The number of anilines is 2. The first-order chi connectivity index (χ1) is 37.5. The molecular weight excluding hydrogens is 1020 g/mol. The second-order valence-corrected chi connectivity index (χ2v) is 22.0. The molecule has 4 aromatic carbocycles. The van der Waals surface area contributed by atoms with Gasteiger partial charge in [0.2, 0.25) is 0 Å². The van der Waals surface area contributed by atoms with Crippen molar-refractivity contribution in [1.29, 1.82) is 5.26 Å². The zero-order valence-corrected chi connectivity index (χ0v) is 46.3. The lowest BCUT2D eigenvalue weighted by molar-refractivity contribution is -0.137. The number of benzene rings is 4. The van der Waals surface area contributed by atoms with Crippen LogP contribution in [0.15, 0.2) is 84.9 Å². The number of carbonyl (C=O) groups excluding carboxylic acids is 6. The van der Waals surface area contributed by atoms with Gasteiger partial charge in [0.05, 0.1) is 17.2 Å². The minimum atomic E-state index is -4.37. The lowest BCUT2D eigenvalue weighted by atomic mass is 9.88. The maximum atomic E-state index is 13.3. The Morgan fingerprint density at radius 1 is 0.608 bits per heavy atom. The average molecular weight is 1090 g/mol. The number of ether oxygens (including phenoxy) is 1. The summed E-state index contributed by atoms with van der Waals surface area (Å²) in [6, 6.07) is 24.8. The van der Waals surface area contributed by atoms with Gasteiger partial charge in [-0.3, -0.25) is 9.59 Å². The number of likely N-dealkylation sites (tertiary alicyclic amines) is 3. The van der Waals surface area contributed by atoms with Gasteiger partial charge in [-0.05, 0) is 156 Å². The zero-order valence-electron chi connectivity index (χ0n) is 46.3. The molecule has 4 saturated heterocycles. The number of carbonyl (C=O) groups is 6. The number of amides is 9. The van der Waals surface area contributed by atoms with Gasteiger partial charge in [-0.1, -0.05) is 36.4 Å². The van der Waals surface area contributed by atoms with Crippen LogP contribution in [0.2, 0.25) is 0 Å². The second kappa shape index (κ2) is 25.8. The quantitative estimate of drug-likeness (QED) is 0.163. The summed E-state index contributed by atoms with van der Waals surface area (Å²) in [7, 11) is 3.44. The Kier molecular flexibility index (Phi) is 19.2. The molecule has 4 fully saturated rings. The number of piperazine rings is 1. The second-order valence-electron chi connectivity index (χ2n) is 22.0. The Balaban J connectivity index is 0.000000230. The lowest BCUT2D eigenvalue weighted by Gasteiger charge is -2.36. The van der Waals surface area contributed by atoms with Crippen molar-refractivity contribution in [3.8, 4) is 6.07 Å². The van der Waals surface area contributed by atoms with E-state index >= 15 is 0 Å². The fourth-order valence-electron chi connectivity index (χ4n) is 10.3. The molecule has 4 aliphatic rings. The summed E-state index contributed by atoms with van der Waals surface area (Å²) in [4.78, 5) is 87.1. The molecule has 1 atom stereocenters. The molecule has 17 nitrogen and oxygen atoms in total. The summed E-state index contributed by atoms with van der Waals surface area (Å²) < 4.78 is 44.1. The third-order valence-electron chi connectivity index (χ3n) is 14.9. The van der Waals surface area contributed by atoms with Crippen LogP contribution >= 0.6 is 0 Å². The highest BCUT2D eigenvalue weighted by Crippen LogP contribution is 2.34. The number of halogens is 3. The molecule has 3 N–H and O–H groups in total. The van der Waals surface area contributed by atoms with Crippen LogP contribution in [0.5, 0.6) is 0 Å². The van der Waals surface area contributed by atoms with Gasteiger partial charge in [0.15, 0.2) is 0 Å². The van der Waals surface area contributed by atoms with Crippen molar-refractivity contribution in [2.24, 2.45) is 0 Å². The third kappa shape index (κ3) is 15.9. The van der Waals surface area contributed by atoms with E-state index in [1.165, 1.54) is 22.6 Å². The Morgan fingerprint density at radius 3 is 1.56 bits per heavy atom. The predicted octanol–water partition coefficient (Wildman–Crippen LogP) is 10.3. The molecule has 422 valence electrons. The van der Waals surface area contributed by atoms with Crippen molar-refractivity contribution in [2.75, 3.05) is 90.2 Å². The largest absolute Gasteiger partial charge is 0.444 e. The first-order valence-corrected chi connectivity index (χ1v) is 27.0. The summed E-state index contributed by atoms with van der Waals surface area (Å²) in [6.45, 7) is 14.3. The molecule has 4 aromatic rings. The van der Waals surface area contributed by atoms with E-state index in [0.717, 1.165) is 54.5 Å². The zero-order chi connectivity index (χ0) is 57.2. The number of nitriles is 1. The van der Waals surface area contributed by atoms with Crippen LogP contribution in [0.25, 0.3) is 0 Å². The smallest absolute Gasteiger partial charge is 0.416 e. The molecule has 9 amide bonds.